The summed E-state index contributed by atoms with van der Waals surface area (Å²) in [5.41, 5.74) is -0.457. The van der Waals surface area contributed by atoms with Crippen LogP contribution < -0.4 is 10.6 Å². The number of nitrogens with zero attached hydrogens (tertiary/aromatic N) is 2. The molecule has 1 rings (SSSR count). The standard InChI is InChI=1S/C13H24N4O2/c1-11(10-15-12(18)19-13(2,3)4)14-7-9-17-8-5-6-16-17/h5-6,8,11,14H,7,9-10H2,1-4H3,(H,15,18). The van der Waals surface area contributed by atoms with E-state index < -0.39 is 5.60 Å². The molecule has 0 saturated carbocycles. The van der Waals surface area contributed by atoms with E-state index in [0.29, 0.717) is 6.54 Å². The SMILES string of the molecule is CC(CNC(=O)OC(C)(C)C)NCCn1cccn1. The van der Waals surface area contributed by atoms with Crippen LogP contribution in [-0.4, -0.2) is 40.6 Å². The first-order valence-corrected chi connectivity index (χ1v) is 6.54. The van der Waals surface area contributed by atoms with Crippen molar-refractivity contribution < 1.29 is 9.53 Å². The average Bonchev–Trinajstić information content (AvgIpc) is 2.77. The minimum Gasteiger partial charge on any atom is -0.444 e. The molecule has 19 heavy (non-hydrogen) atoms. The molecule has 0 spiro atoms. The van der Waals surface area contributed by atoms with Gasteiger partial charge in [-0.3, -0.25) is 4.68 Å². The highest BCUT2D eigenvalue weighted by molar-refractivity contribution is 5.67. The lowest BCUT2D eigenvalue weighted by atomic mass is 10.2. The van der Waals surface area contributed by atoms with E-state index in [0.717, 1.165) is 13.1 Å². The zero-order valence-electron chi connectivity index (χ0n) is 12.1. The zero-order valence-corrected chi connectivity index (χ0v) is 12.1. The molecule has 0 aliphatic carbocycles. The Morgan fingerprint density at radius 2 is 2.21 bits per heavy atom. The minimum absolute atomic E-state index is 0.183. The van der Waals surface area contributed by atoms with Gasteiger partial charge in [0.25, 0.3) is 0 Å². The molecule has 1 aromatic rings. The molecule has 0 aromatic carbocycles. The van der Waals surface area contributed by atoms with Gasteiger partial charge in [-0.05, 0) is 33.8 Å². The maximum atomic E-state index is 11.4. The predicted molar refractivity (Wildman–Crippen MR) is 73.9 cm³/mol. The summed E-state index contributed by atoms with van der Waals surface area (Å²) in [5, 5.41) is 10.2. The number of aromatic nitrogens is 2. The van der Waals surface area contributed by atoms with Crippen LogP contribution in [0, 0.1) is 0 Å². The molecule has 0 bridgehead atoms. The van der Waals surface area contributed by atoms with Crippen LogP contribution >= 0.6 is 0 Å². The second kappa shape index (κ2) is 7.13. The van der Waals surface area contributed by atoms with Gasteiger partial charge >= 0.3 is 6.09 Å². The molecule has 0 fully saturated rings. The lowest BCUT2D eigenvalue weighted by molar-refractivity contribution is 0.0523. The van der Waals surface area contributed by atoms with E-state index in [1.54, 1.807) is 6.20 Å². The minimum atomic E-state index is -0.457. The summed E-state index contributed by atoms with van der Waals surface area (Å²) in [5.74, 6) is 0. The number of amides is 1. The van der Waals surface area contributed by atoms with Crippen molar-refractivity contribution in [3.05, 3.63) is 18.5 Å². The number of carbonyl (C=O) groups excluding carboxylic acids is 1. The molecule has 0 aliphatic heterocycles. The summed E-state index contributed by atoms with van der Waals surface area (Å²) in [4.78, 5) is 11.4. The largest absolute Gasteiger partial charge is 0.444 e. The first kappa shape index (κ1) is 15.5. The van der Waals surface area contributed by atoms with Gasteiger partial charge in [-0.1, -0.05) is 0 Å². The van der Waals surface area contributed by atoms with Gasteiger partial charge < -0.3 is 15.4 Å². The highest BCUT2D eigenvalue weighted by Crippen LogP contribution is 2.06. The molecule has 6 nitrogen and oxygen atoms in total. The summed E-state index contributed by atoms with van der Waals surface area (Å²) in [6, 6.07) is 2.08. The Morgan fingerprint density at radius 1 is 1.47 bits per heavy atom. The first-order valence-electron chi connectivity index (χ1n) is 6.54. The summed E-state index contributed by atoms with van der Waals surface area (Å²) < 4.78 is 7.02. The molecule has 1 heterocycles. The normalized spacial score (nSPS) is 13.1. The van der Waals surface area contributed by atoms with Crippen molar-refractivity contribution >= 4 is 6.09 Å². The topological polar surface area (TPSA) is 68.2 Å². The van der Waals surface area contributed by atoms with Crippen molar-refractivity contribution in [3.63, 3.8) is 0 Å². The third-order valence-corrected chi connectivity index (χ3v) is 2.34. The first-order chi connectivity index (χ1) is 8.87. The maximum absolute atomic E-state index is 11.4. The van der Waals surface area contributed by atoms with Crippen molar-refractivity contribution in [1.29, 1.82) is 0 Å². The number of hydrogen-bond acceptors (Lipinski definition) is 4. The second-order valence-corrected chi connectivity index (χ2v) is 5.51. The molecule has 1 unspecified atom stereocenters. The average molecular weight is 268 g/mol. The van der Waals surface area contributed by atoms with Crippen LogP contribution in [0.2, 0.25) is 0 Å². The Bertz CT molecular complexity index is 370. The van der Waals surface area contributed by atoms with Crippen LogP contribution in [0.3, 0.4) is 0 Å². The predicted octanol–water partition coefficient (Wildman–Crippen LogP) is 1.39. The van der Waals surface area contributed by atoms with Crippen molar-refractivity contribution in [2.75, 3.05) is 13.1 Å². The Kier molecular flexibility index (Phi) is 5.82. The lowest BCUT2D eigenvalue weighted by Gasteiger charge is -2.21. The molecule has 0 aliphatic rings. The molecular weight excluding hydrogens is 244 g/mol. The van der Waals surface area contributed by atoms with Crippen molar-refractivity contribution in [1.82, 2.24) is 20.4 Å². The molecule has 0 radical (unpaired) electrons. The van der Waals surface area contributed by atoms with Crippen molar-refractivity contribution in [3.8, 4) is 0 Å². The number of alkyl carbamates (subject to hydrolysis) is 1. The van der Waals surface area contributed by atoms with E-state index in [1.807, 2.05) is 44.6 Å². The summed E-state index contributed by atoms with van der Waals surface area (Å²) in [7, 11) is 0. The third-order valence-electron chi connectivity index (χ3n) is 2.34. The molecule has 6 heteroatoms. The summed E-state index contributed by atoms with van der Waals surface area (Å²) in [6.07, 6.45) is 3.30. The van der Waals surface area contributed by atoms with Crippen LogP contribution in [0.15, 0.2) is 18.5 Å². The molecule has 2 N–H and O–H groups in total. The third kappa shape index (κ3) is 7.46. The van der Waals surface area contributed by atoms with Crippen LogP contribution in [0.25, 0.3) is 0 Å². The van der Waals surface area contributed by atoms with Gasteiger partial charge in [-0.25, -0.2) is 4.79 Å². The molecule has 1 amide bonds. The monoisotopic (exact) mass is 268 g/mol. The van der Waals surface area contributed by atoms with Crippen LogP contribution in [0.1, 0.15) is 27.7 Å². The van der Waals surface area contributed by atoms with E-state index in [4.69, 9.17) is 4.74 Å². The fourth-order valence-corrected chi connectivity index (χ4v) is 1.48. The Hall–Kier alpha value is -1.56. The summed E-state index contributed by atoms with van der Waals surface area (Å²) >= 11 is 0. The summed E-state index contributed by atoms with van der Waals surface area (Å²) in [6.45, 7) is 9.70. The highest BCUT2D eigenvalue weighted by atomic mass is 16.6. The quantitative estimate of drug-likeness (QED) is 0.818. The number of rotatable bonds is 6. The molecule has 0 saturated heterocycles. The van der Waals surface area contributed by atoms with E-state index in [1.165, 1.54) is 0 Å². The Morgan fingerprint density at radius 3 is 2.79 bits per heavy atom. The Labute approximate surface area is 114 Å². The molecule has 108 valence electrons. The van der Waals surface area contributed by atoms with Crippen molar-refractivity contribution in [2.45, 2.75) is 45.9 Å². The van der Waals surface area contributed by atoms with Crippen LogP contribution in [0.4, 0.5) is 4.79 Å². The number of ether oxygens (including phenoxy) is 1. The lowest BCUT2D eigenvalue weighted by Crippen LogP contribution is -2.42. The maximum Gasteiger partial charge on any atom is 0.407 e. The van der Waals surface area contributed by atoms with Crippen LogP contribution in [-0.2, 0) is 11.3 Å². The fraction of sp³-hybridized carbons (Fsp3) is 0.692. The van der Waals surface area contributed by atoms with Gasteiger partial charge in [0, 0.05) is 31.5 Å². The number of nitrogens with one attached hydrogen (secondary N) is 2. The number of carbonyl (C=O) groups is 1. The van der Waals surface area contributed by atoms with E-state index in [2.05, 4.69) is 15.7 Å². The van der Waals surface area contributed by atoms with Gasteiger partial charge in [-0.15, -0.1) is 0 Å². The molecule has 1 aromatic heterocycles. The van der Waals surface area contributed by atoms with E-state index >= 15 is 0 Å². The van der Waals surface area contributed by atoms with E-state index in [9.17, 15) is 4.79 Å². The van der Waals surface area contributed by atoms with Crippen LogP contribution in [0.5, 0.6) is 0 Å². The van der Waals surface area contributed by atoms with Gasteiger partial charge in [0.05, 0.1) is 6.54 Å². The smallest absolute Gasteiger partial charge is 0.407 e. The second-order valence-electron chi connectivity index (χ2n) is 5.51. The Balaban J connectivity index is 2.10. The van der Waals surface area contributed by atoms with E-state index in [-0.39, 0.29) is 12.1 Å². The zero-order chi connectivity index (χ0) is 14.3. The van der Waals surface area contributed by atoms with Gasteiger partial charge in [-0.2, -0.15) is 5.10 Å². The number of hydrogen-bond donors (Lipinski definition) is 2. The van der Waals surface area contributed by atoms with Gasteiger partial charge in [0.1, 0.15) is 5.60 Å². The highest BCUT2D eigenvalue weighted by Gasteiger charge is 2.16. The van der Waals surface area contributed by atoms with Gasteiger partial charge in [0.2, 0.25) is 0 Å². The van der Waals surface area contributed by atoms with Crippen molar-refractivity contribution in [2.24, 2.45) is 0 Å². The molecular formula is C13H24N4O2. The fourth-order valence-electron chi connectivity index (χ4n) is 1.48. The molecule has 1 atom stereocenters. The van der Waals surface area contributed by atoms with Gasteiger partial charge in [0.15, 0.2) is 0 Å².